The normalized spacial score (nSPS) is 11.9. The fourth-order valence-corrected chi connectivity index (χ4v) is 3.64. The minimum atomic E-state index is -0.298. The van der Waals surface area contributed by atoms with Crippen molar-refractivity contribution in [3.8, 4) is 17.2 Å². The van der Waals surface area contributed by atoms with Crippen molar-refractivity contribution in [3.63, 3.8) is 0 Å². The predicted octanol–water partition coefficient (Wildman–Crippen LogP) is 3.24. The average Bonchev–Trinajstić information content (AvgIpc) is 3.09. The van der Waals surface area contributed by atoms with Gasteiger partial charge in [-0.25, -0.2) is 0 Å². The first-order valence-electron chi connectivity index (χ1n) is 9.65. The topological polar surface area (TPSA) is 106 Å². The highest BCUT2D eigenvalue weighted by Gasteiger charge is 2.23. The number of nitrogens with two attached hydrogens (primary N) is 1. The molecule has 3 aromatic rings. The third kappa shape index (κ3) is 5.01. The van der Waals surface area contributed by atoms with Gasteiger partial charge >= 0.3 is 0 Å². The van der Waals surface area contributed by atoms with Gasteiger partial charge in [-0.1, -0.05) is 20.8 Å². The van der Waals surface area contributed by atoms with Gasteiger partial charge in [0.1, 0.15) is 28.2 Å². The largest absolute Gasteiger partial charge is 0.505 e. The van der Waals surface area contributed by atoms with Crippen LogP contribution in [0.15, 0.2) is 35.2 Å². The summed E-state index contributed by atoms with van der Waals surface area (Å²) in [6.45, 7) is 7.14. The molecule has 0 amide bonds. The number of hydrogen-bond acceptors (Lipinski definition) is 7. The SMILES string of the molecule is CC(C)(C)c1cc(OCCCO)cc(-n2nc3ccc(SCCN)cc3n2)c1O. The number of aliphatic hydroxyl groups excluding tert-OH is 1. The molecule has 0 aliphatic rings. The Bertz CT molecular complexity index is 982. The number of rotatable bonds is 8. The molecule has 0 aliphatic heterocycles. The Morgan fingerprint density at radius 1 is 1.14 bits per heavy atom. The number of phenols is 1. The van der Waals surface area contributed by atoms with Gasteiger partial charge in [0.2, 0.25) is 0 Å². The van der Waals surface area contributed by atoms with E-state index in [2.05, 4.69) is 10.2 Å². The van der Waals surface area contributed by atoms with E-state index in [1.54, 1.807) is 17.8 Å². The fraction of sp³-hybridized carbons (Fsp3) is 0.429. The molecule has 2 aromatic carbocycles. The van der Waals surface area contributed by atoms with Crippen molar-refractivity contribution in [2.45, 2.75) is 37.5 Å². The minimum Gasteiger partial charge on any atom is -0.505 e. The molecule has 7 nitrogen and oxygen atoms in total. The van der Waals surface area contributed by atoms with Crippen molar-refractivity contribution < 1.29 is 14.9 Å². The van der Waals surface area contributed by atoms with Gasteiger partial charge in [0.15, 0.2) is 0 Å². The first-order chi connectivity index (χ1) is 13.8. The highest BCUT2D eigenvalue weighted by molar-refractivity contribution is 7.99. The standard InChI is InChI=1S/C21H28N4O3S/c1-21(2,3)16-11-14(28-9-4-8-26)12-19(20(16)27)25-23-17-6-5-15(29-10-7-22)13-18(17)24-25/h5-6,11-13,26-27H,4,7-10,22H2,1-3H3. The van der Waals surface area contributed by atoms with Gasteiger partial charge in [-0.3, -0.25) is 0 Å². The second-order valence-electron chi connectivity index (χ2n) is 7.79. The maximum Gasteiger partial charge on any atom is 0.147 e. The maximum absolute atomic E-state index is 11.0. The van der Waals surface area contributed by atoms with E-state index in [1.165, 1.54) is 4.80 Å². The molecule has 0 atom stereocenters. The lowest BCUT2D eigenvalue weighted by molar-refractivity contribution is 0.233. The zero-order chi connectivity index (χ0) is 21.0. The van der Waals surface area contributed by atoms with Gasteiger partial charge in [0, 0.05) is 41.9 Å². The predicted molar refractivity (Wildman–Crippen MR) is 116 cm³/mol. The third-order valence-electron chi connectivity index (χ3n) is 4.40. The summed E-state index contributed by atoms with van der Waals surface area (Å²) in [5.41, 5.74) is 7.98. The van der Waals surface area contributed by atoms with E-state index in [-0.39, 0.29) is 17.8 Å². The number of aromatic nitrogens is 3. The van der Waals surface area contributed by atoms with Gasteiger partial charge in [0.05, 0.1) is 6.61 Å². The first kappa shape index (κ1) is 21.4. The summed E-state index contributed by atoms with van der Waals surface area (Å²) in [6.07, 6.45) is 0.536. The van der Waals surface area contributed by atoms with E-state index in [0.29, 0.717) is 31.0 Å². The van der Waals surface area contributed by atoms with Gasteiger partial charge in [-0.2, -0.15) is 0 Å². The van der Waals surface area contributed by atoms with Crippen LogP contribution in [-0.2, 0) is 5.41 Å². The van der Waals surface area contributed by atoms with Crippen molar-refractivity contribution in [1.29, 1.82) is 0 Å². The van der Waals surface area contributed by atoms with Crippen LogP contribution in [-0.4, -0.2) is 50.7 Å². The second kappa shape index (κ2) is 9.02. The Balaban J connectivity index is 2.04. The van der Waals surface area contributed by atoms with Gasteiger partial charge < -0.3 is 20.7 Å². The Labute approximate surface area is 174 Å². The lowest BCUT2D eigenvalue weighted by Crippen LogP contribution is -2.14. The molecule has 0 spiro atoms. The van der Waals surface area contributed by atoms with Crippen molar-refractivity contribution in [1.82, 2.24) is 15.0 Å². The van der Waals surface area contributed by atoms with Crippen LogP contribution in [0.1, 0.15) is 32.8 Å². The summed E-state index contributed by atoms with van der Waals surface area (Å²) in [6, 6.07) is 9.45. The van der Waals surface area contributed by atoms with E-state index in [0.717, 1.165) is 27.2 Å². The fourth-order valence-electron chi connectivity index (χ4n) is 2.92. The molecule has 8 heteroatoms. The van der Waals surface area contributed by atoms with E-state index >= 15 is 0 Å². The Kier molecular flexibility index (Phi) is 6.66. The van der Waals surface area contributed by atoms with Crippen LogP contribution in [0.3, 0.4) is 0 Å². The molecule has 0 fully saturated rings. The molecule has 0 aliphatic carbocycles. The lowest BCUT2D eigenvalue weighted by atomic mass is 9.86. The van der Waals surface area contributed by atoms with Crippen LogP contribution in [0, 0.1) is 0 Å². The van der Waals surface area contributed by atoms with E-state index in [1.807, 2.05) is 45.0 Å². The number of thioether (sulfide) groups is 1. The van der Waals surface area contributed by atoms with Crippen molar-refractivity contribution in [2.24, 2.45) is 5.73 Å². The van der Waals surface area contributed by atoms with Gasteiger partial charge in [0.25, 0.3) is 0 Å². The van der Waals surface area contributed by atoms with Crippen molar-refractivity contribution >= 4 is 22.8 Å². The van der Waals surface area contributed by atoms with Crippen molar-refractivity contribution in [2.75, 3.05) is 25.5 Å². The van der Waals surface area contributed by atoms with E-state index < -0.39 is 0 Å². The number of ether oxygens (including phenoxy) is 1. The second-order valence-corrected chi connectivity index (χ2v) is 8.96. The summed E-state index contributed by atoms with van der Waals surface area (Å²) in [5.74, 6) is 1.57. The van der Waals surface area contributed by atoms with Crippen LogP contribution < -0.4 is 10.5 Å². The Hall–Kier alpha value is -2.29. The average molecular weight is 417 g/mol. The number of phenolic OH excluding ortho intramolecular Hbond substituents is 1. The first-order valence-corrected chi connectivity index (χ1v) is 10.6. The number of nitrogens with zero attached hydrogens (tertiary/aromatic N) is 3. The highest BCUT2D eigenvalue weighted by Crippen LogP contribution is 2.38. The van der Waals surface area contributed by atoms with E-state index in [4.69, 9.17) is 15.6 Å². The molecule has 1 aromatic heterocycles. The molecular formula is C21H28N4O3S. The third-order valence-corrected chi connectivity index (χ3v) is 5.42. The van der Waals surface area contributed by atoms with E-state index in [9.17, 15) is 5.11 Å². The summed E-state index contributed by atoms with van der Waals surface area (Å²) in [5, 5.41) is 29.1. The summed E-state index contributed by atoms with van der Waals surface area (Å²) < 4.78 is 5.78. The molecule has 0 saturated carbocycles. The summed E-state index contributed by atoms with van der Waals surface area (Å²) >= 11 is 1.67. The van der Waals surface area contributed by atoms with Crippen LogP contribution in [0.2, 0.25) is 0 Å². The molecule has 0 bridgehead atoms. The van der Waals surface area contributed by atoms with Crippen LogP contribution >= 0.6 is 11.8 Å². The van der Waals surface area contributed by atoms with Crippen LogP contribution in [0.5, 0.6) is 11.5 Å². The number of hydrogen-bond donors (Lipinski definition) is 3. The maximum atomic E-state index is 11.0. The van der Waals surface area contributed by atoms with Crippen LogP contribution in [0.25, 0.3) is 16.7 Å². The smallest absolute Gasteiger partial charge is 0.147 e. The van der Waals surface area contributed by atoms with Gasteiger partial charge in [-0.15, -0.1) is 26.8 Å². The van der Waals surface area contributed by atoms with Crippen molar-refractivity contribution in [3.05, 3.63) is 35.9 Å². The molecule has 3 rings (SSSR count). The number of aromatic hydroxyl groups is 1. The quantitative estimate of drug-likeness (QED) is 0.382. The monoisotopic (exact) mass is 416 g/mol. The molecule has 0 unspecified atom stereocenters. The number of aliphatic hydroxyl groups is 1. The highest BCUT2D eigenvalue weighted by atomic mass is 32.2. The molecule has 29 heavy (non-hydrogen) atoms. The van der Waals surface area contributed by atoms with Gasteiger partial charge in [-0.05, 0) is 29.7 Å². The molecule has 1 heterocycles. The van der Waals surface area contributed by atoms with Crippen LogP contribution in [0.4, 0.5) is 0 Å². The Morgan fingerprint density at radius 2 is 1.90 bits per heavy atom. The summed E-state index contributed by atoms with van der Waals surface area (Å²) in [7, 11) is 0. The lowest BCUT2D eigenvalue weighted by Gasteiger charge is -2.23. The zero-order valence-corrected chi connectivity index (χ0v) is 17.9. The molecule has 4 N–H and O–H groups in total. The minimum absolute atomic E-state index is 0.0632. The summed E-state index contributed by atoms with van der Waals surface area (Å²) in [4.78, 5) is 2.53. The molecule has 156 valence electrons. The Morgan fingerprint density at radius 3 is 2.59 bits per heavy atom. The zero-order valence-electron chi connectivity index (χ0n) is 17.1. The molecular weight excluding hydrogens is 388 g/mol. The molecule has 0 saturated heterocycles. The number of benzene rings is 2. The number of fused-ring (bicyclic) bond motifs is 1. The molecule has 0 radical (unpaired) electrons.